The number of esters is 1. The third-order valence-corrected chi connectivity index (χ3v) is 4.32. The second-order valence-electron chi connectivity index (χ2n) is 6.71. The monoisotopic (exact) mass is 353 g/mol. The lowest BCUT2D eigenvalue weighted by molar-refractivity contribution is -0.143. The van der Waals surface area contributed by atoms with Gasteiger partial charge < -0.3 is 10.1 Å². The van der Waals surface area contributed by atoms with Gasteiger partial charge in [-0.25, -0.2) is 0 Å². The first-order chi connectivity index (χ1) is 12.2. The highest BCUT2D eigenvalue weighted by Crippen LogP contribution is 2.12. The Morgan fingerprint density at radius 2 is 1.32 bits per heavy atom. The maximum Gasteiger partial charge on any atom is 0.307 e. The zero-order chi connectivity index (χ0) is 18.6. The first-order valence-corrected chi connectivity index (χ1v) is 10.3. The molecule has 4 heteroatoms. The fraction of sp³-hybridized carbons (Fsp3) is 0.810. The average Bonchev–Trinajstić information content (AvgIpc) is 2.61. The molecule has 0 fully saturated rings. The van der Waals surface area contributed by atoms with E-state index in [4.69, 9.17) is 4.74 Å². The molecule has 0 rings (SSSR count). The van der Waals surface area contributed by atoms with E-state index in [1.807, 2.05) is 0 Å². The van der Waals surface area contributed by atoms with Crippen LogP contribution in [0.3, 0.4) is 0 Å². The standard InChI is InChI=1S/C21H39NO3/c1-3-5-6-7-8-9-10-11-12-13-14-15-16-19-25-21(24)17-18-22-20(23)4-2/h4H,2-3,5-19H2,1H3,(H,22,23). The summed E-state index contributed by atoms with van der Waals surface area (Å²) >= 11 is 0. The van der Waals surface area contributed by atoms with Gasteiger partial charge in [-0.3, -0.25) is 9.59 Å². The van der Waals surface area contributed by atoms with E-state index >= 15 is 0 Å². The lowest BCUT2D eigenvalue weighted by Crippen LogP contribution is -2.24. The molecule has 146 valence electrons. The number of rotatable bonds is 18. The molecule has 1 N–H and O–H groups in total. The van der Waals surface area contributed by atoms with Gasteiger partial charge in [-0.15, -0.1) is 0 Å². The fourth-order valence-electron chi connectivity index (χ4n) is 2.74. The molecule has 0 aliphatic heterocycles. The molecule has 4 nitrogen and oxygen atoms in total. The van der Waals surface area contributed by atoms with Crippen molar-refractivity contribution in [2.75, 3.05) is 13.2 Å². The Kier molecular flexibility index (Phi) is 18.0. The predicted octanol–water partition coefficient (Wildman–Crippen LogP) is 5.31. The molecule has 0 saturated carbocycles. The van der Waals surface area contributed by atoms with Crippen molar-refractivity contribution in [1.29, 1.82) is 0 Å². The molecule has 1 amide bonds. The Labute approximate surface area is 154 Å². The van der Waals surface area contributed by atoms with Gasteiger partial charge in [0.2, 0.25) is 5.91 Å². The highest BCUT2D eigenvalue weighted by atomic mass is 16.5. The number of hydrogen-bond donors (Lipinski definition) is 1. The van der Waals surface area contributed by atoms with E-state index in [1.165, 1.54) is 76.7 Å². The van der Waals surface area contributed by atoms with Crippen LogP contribution in [0.25, 0.3) is 0 Å². The lowest BCUT2D eigenvalue weighted by atomic mass is 10.0. The van der Waals surface area contributed by atoms with Crippen molar-refractivity contribution in [2.45, 2.75) is 96.8 Å². The van der Waals surface area contributed by atoms with Crippen LogP contribution in [0.15, 0.2) is 12.7 Å². The van der Waals surface area contributed by atoms with Crippen molar-refractivity contribution in [1.82, 2.24) is 5.32 Å². The van der Waals surface area contributed by atoms with E-state index < -0.39 is 0 Å². The molecule has 0 radical (unpaired) electrons. The number of carbonyl (C=O) groups is 2. The van der Waals surface area contributed by atoms with Gasteiger partial charge >= 0.3 is 5.97 Å². The minimum Gasteiger partial charge on any atom is -0.466 e. The van der Waals surface area contributed by atoms with Crippen molar-refractivity contribution in [2.24, 2.45) is 0 Å². The largest absolute Gasteiger partial charge is 0.466 e. The van der Waals surface area contributed by atoms with Crippen molar-refractivity contribution >= 4 is 11.9 Å². The normalized spacial score (nSPS) is 10.4. The van der Waals surface area contributed by atoms with Crippen molar-refractivity contribution in [3.8, 4) is 0 Å². The number of amides is 1. The molecule has 0 bridgehead atoms. The number of ether oxygens (including phenoxy) is 1. The van der Waals surface area contributed by atoms with E-state index in [0.29, 0.717) is 13.2 Å². The maximum absolute atomic E-state index is 11.4. The van der Waals surface area contributed by atoms with Gasteiger partial charge in [-0.1, -0.05) is 90.6 Å². The molecule has 0 aromatic heterocycles. The van der Waals surface area contributed by atoms with E-state index in [2.05, 4.69) is 18.8 Å². The Balaban J connectivity index is 3.16. The van der Waals surface area contributed by atoms with Crippen molar-refractivity contribution < 1.29 is 14.3 Å². The molecule has 0 unspecified atom stereocenters. The molecule has 0 atom stereocenters. The van der Waals surface area contributed by atoms with E-state index in [-0.39, 0.29) is 18.3 Å². The van der Waals surface area contributed by atoms with Gasteiger partial charge in [0.25, 0.3) is 0 Å². The predicted molar refractivity (Wildman–Crippen MR) is 104 cm³/mol. The third-order valence-electron chi connectivity index (χ3n) is 4.32. The van der Waals surface area contributed by atoms with Gasteiger partial charge in [0.05, 0.1) is 13.0 Å². The summed E-state index contributed by atoms with van der Waals surface area (Å²) in [6.07, 6.45) is 18.4. The van der Waals surface area contributed by atoms with Gasteiger partial charge in [-0.2, -0.15) is 0 Å². The molecule has 0 saturated heterocycles. The molecule has 0 heterocycles. The van der Waals surface area contributed by atoms with E-state index in [0.717, 1.165) is 12.8 Å². The Hall–Kier alpha value is -1.32. The summed E-state index contributed by atoms with van der Waals surface area (Å²) in [5, 5.41) is 2.56. The van der Waals surface area contributed by atoms with Crippen LogP contribution < -0.4 is 5.32 Å². The maximum atomic E-state index is 11.4. The number of carbonyl (C=O) groups excluding carboxylic acids is 2. The summed E-state index contributed by atoms with van der Waals surface area (Å²) < 4.78 is 5.14. The molecule has 25 heavy (non-hydrogen) atoms. The van der Waals surface area contributed by atoms with Crippen molar-refractivity contribution in [3.05, 3.63) is 12.7 Å². The van der Waals surface area contributed by atoms with Gasteiger partial charge in [0.15, 0.2) is 0 Å². The van der Waals surface area contributed by atoms with E-state index in [1.54, 1.807) is 0 Å². The summed E-state index contributed by atoms with van der Waals surface area (Å²) in [4.78, 5) is 22.3. The van der Waals surface area contributed by atoms with Gasteiger partial charge in [0, 0.05) is 6.54 Å². The van der Waals surface area contributed by atoms with E-state index in [9.17, 15) is 9.59 Å². The molecule has 0 aliphatic carbocycles. The minimum absolute atomic E-state index is 0.220. The highest BCUT2D eigenvalue weighted by Gasteiger charge is 2.03. The Morgan fingerprint density at radius 1 is 0.840 bits per heavy atom. The van der Waals surface area contributed by atoms with Gasteiger partial charge in [0.1, 0.15) is 0 Å². The van der Waals surface area contributed by atoms with Crippen LogP contribution in [-0.4, -0.2) is 25.0 Å². The zero-order valence-corrected chi connectivity index (χ0v) is 16.3. The molecular weight excluding hydrogens is 314 g/mol. The SMILES string of the molecule is C=CC(=O)NCCC(=O)OCCCCCCCCCCCCCCC. The summed E-state index contributed by atoms with van der Waals surface area (Å²) in [5.41, 5.74) is 0. The van der Waals surface area contributed by atoms with Crippen LogP contribution in [0.4, 0.5) is 0 Å². The van der Waals surface area contributed by atoms with Crippen LogP contribution >= 0.6 is 0 Å². The third kappa shape index (κ3) is 18.9. The van der Waals surface area contributed by atoms with Crippen LogP contribution in [0.2, 0.25) is 0 Å². The average molecular weight is 354 g/mol. The van der Waals surface area contributed by atoms with Crippen LogP contribution in [-0.2, 0) is 14.3 Å². The Bertz CT molecular complexity index is 342. The van der Waals surface area contributed by atoms with Crippen LogP contribution in [0.5, 0.6) is 0 Å². The minimum atomic E-state index is -0.260. The first kappa shape index (κ1) is 23.7. The summed E-state index contributed by atoms with van der Waals surface area (Å²) in [5.74, 6) is -0.507. The summed E-state index contributed by atoms with van der Waals surface area (Å²) in [7, 11) is 0. The van der Waals surface area contributed by atoms with Crippen LogP contribution in [0, 0.1) is 0 Å². The molecule has 0 spiro atoms. The summed E-state index contributed by atoms with van der Waals surface area (Å²) in [6, 6.07) is 0. The number of nitrogens with one attached hydrogen (secondary N) is 1. The van der Waals surface area contributed by atoms with Gasteiger partial charge in [-0.05, 0) is 12.5 Å². The molecule has 0 aromatic rings. The second kappa shape index (κ2) is 19.0. The first-order valence-electron chi connectivity index (χ1n) is 10.3. The summed E-state index contributed by atoms with van der Waals surface area (Å²) in [6.45, 7) is 6.41. The lowest BCUT2D eigenvalue weighted by Gasteiger charge is -2.05. The topological polar surface area (TPSA) is 55.4 Å². The van der Waals surface area contributed by atoms with Crippen LogP contribution in [0.1, 0.15) is 96.8 Å². The molecular formula is C21H39NO3. The fourth-order valence-corrected chi connectivity index (χ4v) is 2.74. The Morgan fingerprint density at radius 3 is 1.80 bits per heavy atom. The number of unbranched alkanes of at least 4 members (excludes halogenated alkanes) is 12. The molecule has 0 aliphatic rings. The smallest absolute Gasteiger partial charge is 0.307 e. The molecule has 0 aromatic carbocycles. The van der Waals surface area contributed by atoms with Crippen molar-refractivity contribution in [3.63, 3.8) is 0 Å². The second-order valence-corrected chi connectivity index (χ2v) is 6.71. The highest BCUT2D eigenvalue weighted by molar-refractivity contribution is 5.87. The zero-order valence-electron chi connectivity index (χ0n) is 16.3. The number of hydrogen-bond acceptors (Lipinski definition) is 3. The quantitative estimate of drug-likeness (QED) is 0.206.